The van der Waals surface area contributed by atoms with Crippen molar-refractivity contribution < 1.29 is 26.4 Å². The van der Waals surface area contributed by atoms with Crippen molar-refractivity contribution in [3.63, 3.8) is 0 Å². The Balaban J connectivity index is -0.000000175. The molecule has 87 valence electrons. The Kier molecular flexibility index (Phi) is 26.7. The van der Waals surface area contributed by atoms with Gasteiger partial charge < -0.3 is 0 Å². The minimum Gasteiger partial charge on any atom is -0.0312 e. The first-order valence-electron chi connectivity index (χ1n) is 4.09. The van der Waals surface area contributed by atoms with Crippen LogP contribution in [0, 0.1) is 51.5 Å². The predicted molar refractivity (Wildman–Crippen MR) is 59.6 cm³/mol. The first-order valence-corrected chi connectivity index (χ1v) is 4.46. The molecule has 1 aliphatic rings. The monoisotopic (exact) mass is 288 g/mol. The molecule has 0 amide bonds. The van der Waals surface area contributed by atoms with Crippen LogP contribution < -0.4 is 0 Å². The molecule has 0 spiro atoms. The normalized spacial score (nSPS) is 10.9. The second kappa shape index (κ2) is 20.9. The minimum absolute atomic E-state index is 0. The Labute approximate surface area is 119 Å². The molecule has 1 aromatic carbocycles. The SMILES string of the molecule is Clc1cc[c-]cc1.[C-]#[O+].[C-]#[O+].[CH]1[CH][CH][CH][CH]1.[Fe+2]. The van der Waals surface area contributed by atoms with Crippen molar-refractivity contribution in [3.05, 3.63) is 80.8 Å². The summed E-state index contributed by atoms with van der Waals surface area (Å²) in [5, 5.41) is 0.763. The maximum absolute atomic E-state index is 7.50. The van der Waals surface area contributed by atoms with Crippen molar-refractivity contribution in [2.24, 2.45) is 0 Å². The molecule has 1 fully saturated rings. The fourth-order valence-corrected chi connectivity index (χ4v) is 0.813. The van der Waals surface area contributed by atoms with Gasteiger partial charge in [0.05, 0.1) is 0 Å². The number of halogens is 1. The zero-order valence-electron chi connectivity index (χ0n) is 8.74. The largest absolute Gasteiger partial charge is 2.00 e. The summed E-state index contributed by atoms with van der Waals surface area (Å²) < 4.78 is 15.0. The summed E-state index contributed by atoms with van der Waals surface area (Å²) in [6.07, 6.45) is 10.0. The first kappa shape index (κ1) is 21.8. The zero-order valence-corrected chi connectivity index (χ0v) is 10.6. The molecule has 0 unspecified atom stereocenters. The third kappa shape index (κ3) is 18.1. The van der Waals surface area contributed by atoms with Gasteiger partial charge >= 0.3 is 39.7 Å². The average Bonchev–Trinajstić information content (AvgIpc) is 2.94. The molecule has 4 heteroatoms. The van der Waals surface area contributed by atoms with Crippen molar-refractivity contribution in [2.45, 2.75) is 0 Å². The third-order valence-electron chi connectivity index (χ3n) is 1.23. The van der Waals surface area contributed by atoms with E-state index < -0.39 is 0 Å². The van der Waals surface area contributed by atoms with Crippen molar-refractivity contribution in [1.82, 2.24) is 0 Å². The third-order valence-corrected chi connectivity index (χ3v) is 1.49. The van der Waals surface area contributed by atoms with E-state index in [4.69, 9.17) is 20.9 Å². The van der Waals surface area contributed by atoms with Crippen molar-refractivity contribution in [2.75, 3.05) is 0 Å². The maximum Gasteiger partial charge on any atom is 2.00 e. The van der Waals surface area contributed by atoms with Gasteiger partial charge in [-0.05, 0) is 32.1 Å². The van der Waals surface area contributed by atoms with Gasteiger partial charge in [-0.1, -0.05) is 5.02 Å². The number of benzene rings is 1. The van der Waals surface area contributed by atoms with Gasteiger partial charge in [0.1, 0.15) is 0 Å². The molecule has 1 aliphatic carbocycles. The predicted octanol–water partition coefficient (Wildman–Crippen LogP) is 3.08. The van der Waals surface area contributed by atoms with Crippen LogP contribution in [0.1, 0.15) is 0 Å². The molecule has 0 bridgehead atoms. The van der Waals surface area contributed by atoms with Crippen molar-refractivity contribution >= 4 is 11.6 Å². The van der Waals surface area contributed by atoms with E-state index in [1.807, 2.05) is 32.1 Å². The standard InChI is InChI=1S/C6H4Cl.C5H5.2CO.Fe/c7-6-4-2-1-3-5-6;1-2-4-5-3-1;2*1-2;/h2-5H;1-5H;;;/q-1;;;;+2. The minimum atomic E-state index is 0. The van der Waals surface area contributed by atoms with E-state index in [-0.39, 0.29) is 17.1 Å². The van der Waals surface area contributed by atoms with Gasteiger partial charge in [-0.2, -0.15) is 30.3 Å². The zero-order chi connectivity index (χ0) is 12.6. The van der Waals surface area contributed by atoms with Gasteiger partial charge in [-0.15, -0.1) is 11.6 Å². The van der Waals surface area contributed by atoms with Gasteiger partial charge in [-0.3, -0.25) is 0 Å². The quantitative estimate of drug-likeness (QED) is 0.400. The van der Waals surface area contributed by atoms with Crippen LogP contribution in [0.3, 0.4) is 0 Å². The Bertz CT molecular complexity index is 255. The molecule has 0 heterocycles. The van der Waals surface area contributed by atoms with Gasteiger partial charge in [0.15, 0.2) is 0 Å². The summed E-state index contributed by atoms with van der Waals surface area (Å²) in [6.45, 7) is 9.00. The van der Waals surface area contributed by atoms with Crippen LogP contribution in [0.4, 0.5) is 0 Å². The average molecular weight is 289 g/mol. The van der Waals surface area contributed by atoms with Crippen LogP contribution >= 0.6 is 11.6 Å². The summed E-state index contributed by atoms with van der Waals surface area (Å²) >= 11 is 5.52. The van der Waals surface area contributed by atoms with Crippen LogP contribution in [0.15, 0.2) is 24.3 Å². The van der Waals surface area contributed by atoms with E-state index in [0.717, 1.165) is 5.02 Å². The van der Waals surface area contributed by atoms with E-state index in [9.17, 15) is 0 Å². The summed E-state index contributed by atoms with van der Waals surface area (Å²) in [4.78, 5) is 0. The number of hydrogen-bond acceptors (Lipinski definition) is 0. The molecular weight excluding hydrogens is 279 g/mol. The van der Waals surface area contributed by atoms with Crippen LogP contribution in [0.5, 0.6) is 0 Å². The smallest absolute Gasteiger partial charge is 0.0312 e. The molecule has 0 N–H and O–H groups in total. The molecule has 0 saturated heterocycles. The van der Waals surface area contributed by atoms with E-state index in [2.05, 4.69) is 19.4 Å². The second-order valence-corrected chi connectivity index (χ2v) is 2.62. The summed E-state index contributed by atoms with van der Waals surface area (Å²) in [5.41, 5.74) is 0. The van der Waals surface area contributed by atoms with Crippen LogP contribution in [0.2, 0.25) is 5.02 Å². The summed E-state index contributed by atoms with van der Waals surface area (Å²) in [6, 6.07) is 10.00. The Morgan fingerprint density at radius 1 is 0.824 bits per heavy atom. The summed E-state index contributed by atoms with van der Waals surface area (Å²) in [5.74, 6) is 0. The Morgan fingerprint density at radius 2 is 1.12 bits per heavy atom. The van der Waals surface area contributed by atoms with Crippen molar-refractivity contribution in [1.29, 1.82) is 0 Å². The molecule has 1 aromatic rings. The first-order chi connectivity index (χ1) is 7.89. The molecule has 1 saturated carbocycles. The molecule has 0 atom stereocenters. The van der Waals surface area contributed by atoms with Gasteiger partial charge in [0.2, 0.25) is 0 Å². The van der Waals surface area contributed by atoms with Gasteiger partial charge in [0, 0.05) is 0 Å². The van der Waals surface area contributed by atoms with Crippen molar-refractivity contribution in [3.8, 4) is 0 Å². The second-order valence-electron chi connectivity index (χ2n) is 2.18. The van der Waals surface area contributed by atoms with E-state index in [0.29, 0.717) is 0 Å². The topological polar surface area (TPSA) is 39.8 Å². The Morgan fingerprint density at radius 3 is 1.29 bits per heavy atom. The molecule has 0 aromatic heterocycles. The van der Waals surface area contributed by atoms with E-state index in [1.54, 1.807) is 24.3 Å². The van der Waals surface area contributed by atoms with E-state index >= 15 is 0 Å². The molecule has 2 nitrogen and oxygen atoms in total. The molecular formula is C13H9ClFeO2+. The maximum atomic E-state index is 7.50. The Hall–Kier alpha value is -0.491. The van der Waals surface area contributed by atoms with Crippen LogP contribution in [-0.2, 0) is 26.4 Å². The summed E-state index contributed by atoms with van der Waals surface area (Å²) in [7, 11) is 0. The van der Waals surface area contributed by atoms with Crippen LogP contribution in [0.25, 0.3) is 0 Å². The number of rotatable bonds is 0. The van der Waals surface area contributed by atoms with Gasteiger partial charge in [0.25, 0.3) is 0 Å². The fourth-order valence-electron chi connectivity index (χ4n) is 0.687. The number of hydrogen-bond donors (Lipinski definition) is 0. The molecule has 5 radical (unpaired) electrons. The molecule has 17 heavy (non-hydrogen) atoms. The van der Waals surface area contributed by atoms with Gasteiger partial charge in [-0.25, -0.2) is 0 Å². The molecule has 2 rings (SSSR count). The fraction of sp³-hybridized carbons (Fsp3) is 0. The van der Waals surface area contributed by atoms with E-state index in [1.165, 1.54) is 0 Å². The van der Waals surface area contributed by atoms with Crippen LogP contribution in [-0.4, -0.2) is 0 Å². The molecule has 0 aliphatic heterocycles.